The maximum absolute atomic E-state index is 13.9. The van der Waals surface area contributed by atoms with Crippen LogP contribution < -0.4 is 14.7 Å². The summed E-state index contributed by atoms with van der Waals surface area (Å²) in [6.45, 7) is 3.07. The molecule has 2 aliphatic heterocycles. The van der Waals surface area contributed by atoms with Crippen LogP contribution in [0, 0.1) is 5.92 Å². The van der Waals surface area contributed by atoms with Crippen molar-refractivity contribution in [2.75, 3.05) is 34.3 Å². The molecule has 4 aromatic rings. The first-order valence-corrected chi connectivity index (χ1v) is 17.7. The van der Waals surface area contributed by atoms with E-state index in [0.29, 0.717) is 49.4 Å². The van der Waals surface area contributed by atoms with Gasteiger partial charge in [-0.25, -0.2) is 19.7 Å². The molecule has 0 amide bonds. The van der Waals surface area contributed by atoms with Crippen molar-refractivity contribution in [1.29, 1.82) is 0 Å². The second-order valence-corrected chi connectivity index (χ2v) is 14.5. The zero-order valence-corrected chi connectivity index (χ0v) is 29.7. The van der Waals surface area contributed by atoms with Gasteiger partial charge < -0.3 is 19.4 Å². The van der Waals surface area contributed by atoms with Crippen LogP contribution in [0.2, 0.25) is 10.3 Å². The van der Waals surface area contributed by atoms with Gasteiger partial charge in [0.1, 0.15) is 11.1 Å². The van der Waals surface area contributed by atoms with Gasteiger partial charge in [0.2, 0.25) is 11.2 Å². The molecule has 0 N–H and O–H groups in total. The summed E-state index contributed by atoms with van der Waals surface area (Å²) in [6.07, 6.45) is -3.36. The molecule has 9 nitrogen and oxygen atoms in total. The SMILES string of the molecule is CC1C[C@]12C[C@H](N(Cc1cc(C(F)(F)F)cc(C(F)(F)F)c1)c1ncc(N3CCC(OC(=O)c4ccccc4)CC3)cn1)CN2c1nc(Cl)ncc1Cl. The minimum atomic E-state index is -5.01. The number of esters is 1. The van der Waals surface area contributed by atoms with Gasteiger partial charge in [0.15, 0.2) is 5.82 Å². The van der Waals surface area contributed by atoms with Crippen molar-refractivity contribution in [3.05, 3.63) is 99.7 Å². The fraction of sp³-hybridized carbons (Fsp3) is 0.417. The van der Waals surface area contributed by atoms with Crippen molar-refractivity contribution in [3.63, 3.8) is 0 Å². The zero-order valence-electron chi connectivity index (χ0n) is 28.2. The third-order valence-electron chi connectivity index (χ3n) is 10.3. The Morgan fingerprint density at radius 3 is 2.13 bits per heavy atom. The summed E-state index contributed by atoms with van der Waals surface area (Å²) in [5.74, 6) is 0.320. The normalized spacial score (nSPS) is 22.0. The van der Waals surface area contributed by atoms with Crippen molar-refractivity contribution < 1.29 is 35.9 Å². The number of alkyl halides is 6. The summed E-state index contributed by atoms with van der Waals surface area (Å²) in [4.78, 5) is 35.8. The predicted molar refractivity (Wildman–Crippen MR) is 186 cm³/mol. The average molecular weight is 781 g/mol. The smallest absolute Gasteiger partial charge is 0.416 e. The largest absolute Gasteiger partial charge is 0.459 e. The lowest BCUT2D eigenvalue weighted by Gasteiger charge is -2.33. The Morgan fingerprint density at radius 1 is 0.925 bits per heavy atom. The van der Waals surface area contributed by atoms with Crippen LogP contribution in [0.1, 0.15) is 59.7 Å². The Bertz CT molecular complexity index is 1930. The molecule has 1 saturated carbocycles. The van der Waals surface area contributed by atoms with Gasteiger partial charge in [0, 0.05) is 44.6 Å². The first-order valence-electron chi connectivity index (χ1n) is 16.9. The summed E-state index contributed by atoms with van der Waals surface area (Å²) in [7, 11) is 0. The van der Waals surface area contributed by atoms with Gasteiger partial charge in [-0.1, -0.05) is 36.7 Å². The van der Waals surface area contributed by atoms with E-state index >= 15 is 0 Å². The lowest BCUT2D eigenvalue weighted by Crippen LogP contribution is -2.39. The van der Waals surface area contributed by atoms with Crippen LogP contribution in [0.3, 0.4) is 0 Å². The number of rotatable bonds is 8. The topological polar surface area (TPSA) is 87.6 Å². The van der Waals surface area contributed by atoms with Crippen LogP contribution in [-0.2, 0) is 23.6 Å². The number of carbonyl (C=O) groups is 1. The minimum Gasteiger partial charge on any atom is -0.459 e. The van der Waals surface area contributed by atoms with Gasteiger partial charge in [-0.2, -0.15) is 31.3 Å². The van der Waals surface area contributed by atoms with Crippen LogP contribution in [0.25, 0.3) is 0 Å². The third-order valence-corrected chi connectivity index (χ3v) is 10.8. The number of benzene rings is 2. The number of nitrogens with zero attached hydrogens (tertiary/aromatic N) is 7. The molecule has 17 heteroatoms. The number of aromatic nitrogens is 4. The fourth-order valence-electron chi connectivity index (χ4n) is 7.46. The Hall–Kier alpha value is -4.37. The van der Waals surface area contributed by atoms with Gasteiger partial charge >= 0.3 is 18.3 Å². The van der Waals surface area contributed by atoms with Crippen molar-refractivity contribution in [3.8, 4) is 0 Å². The molecule has 0 radical (unpaired) electrons. The van der Waals surface area contributed by atoms with Crippen LogP contribution in [-0.4, -0.2) is 63.2 Å². The van der Waals surface area contributed by atoms with Crippen molar-refractivity contribution >= 4 is 46.6 Å². The van der Waals surface area contributed by atoms with Crippen molar-refractivity contribution in [2.45, 2.75) is 69.2 Å². The van der Waals surface area contributed by atoms with E-state index in [9.17, 15) is 31.1 Å². The van der Waals surface area contributed by atoms with E-state index < -0.39 is 41.0 Å². The van der Waals surface area contributed by atoms with Gasteiger partial charge in [0.25, 0.3) is 0 Å². The molecule has 3 atom stereocenters. The predicted octanol–water partition coefficient (Wildman–Crippen LogP) is 8.50. The Balaban J connectivity index is 1.16. The van der Waals surface area contributed by atoms with E-state index in [-0.39, 0.29) is 53.0 Å². The minimum absolute atomic E-state index is 0.0193. The first kappa shape index (κ1) is 37.0. The Morgan fingerprint density at radius 2 is 1.55 bits per heavy atom. The molecule has 1 aliphatic carbocycles. The molecular weight excluding hydrogens is 747 g/mol. The van der Waals surface area contributed by atoms with Crippen LogP contribution in [0.4, 0.5) is 43.8 Å². The summed E-state index contributed by atoms with van der Waals surface area (Å²) >= 11 is 12.7. The van der Waals surface area contributed by atoms with Crippen LogP contribution in [0.5, 0.6) is 0 Å². The molecule has 3 fully saturated rings. The number of piperidine rings is 1. The molecule has 2 saturated heterocycles. The quantitative estimate of drug-likeness (QED) is 0.0993. The molecule has 280 valence electrons. The Labute approximate surface area is 310 Å². The van der Waals surface area contributed by atoms with E-state index in [1.165, 1.54) is 6.20 Å². The van der Waals surface area contributed by atoms with Gasteiger partial charge in [-0.3, -0.25) is 0 Å². The second-order valence-electron chi connectivity index (χ2n) is 13.7. The van der Waals surface area contributed by atoms with E-state index in [1.807, 2.05) is 15.9 Å². The van der Waals surface area contributed by atoms with E-state index in [1.54, 1.807) is 41.6 Å². The molecule has 1 unspecified atom stereocenters. The number of hydrogen-bond donors (Lipinski definition) is 0. The first-order chi connectivity index (χ1) is 25.1. The van der Waals surface area contributed by atoms with Gasteiger partial charge in [-0.15, -0.1) is 0 Å². The molecule has 4 heterocycles. The number of ether oxygens (including phenoxy) is 1. The molecular formula is C36H33Cl2F6N7O2. The summed E-state index contributed by atoms with van der Waals surface area (Å²) in [6, 6.07) is 9.84. The number of carbonyl (C=O) groups excluding carboxylic acids is 1. The lowest BCUT2D eigenvalue weighted by molar-refractivity contribution is -0.143. The van der Waals surface area contributed by atoms with Crippen LogP contribution >= 0.6 is 23.2 Å². The highest BCUT2D eigenvalue weighted by Crippen LogP contribution is 2.57. The van der Waals surface area contributed by atoms with Gasteiger partial charge in [0.05, 0.1) is 47.0 Å². The standard InChI is InChI=1S/C36H33Cl2F6N7O2/c1-21-14-34(21)15-26(20-51(34)30-29(37)18-45-32(38)48-30)50(19-22-11-24(35(39,40)41)13-25(12-22)36(42,43)44)33-46-16-27(17-47-33)49-9-7-28(8-10-49)53-31(52)23-5-3-2-4-6-23/h2-6,11-13,16-18,21,26,28H,7-10,14-15,19-20H2,1H3/t21?,26-,34-/m0/s1. The highest BCUT2D eigenvalue weighted by atomic mass is 35.5. The molecule has 3 aliphatic rings. The highest BCUT2D eigenvalue weighted by molar-refractivity contribution is 6.33. The number of halogens is 8. The van der Waals surface area contributed by atoms with Crippen molar-refractivity contribution in [2.24, 2.45) is 5.92 Å². The molecule has 53 heavy (non-hydrogen) atoms. The molecule has 7 rings (SSSR count). The maximum atomic E-state index is 13.9. The fourth-order valence-corrected chi connectivity index (χ4v) is 7.78. The summed E-state index contributed by atoms with van der Waals surface area (Å²) in [5, 5.41) is 0.237. The van der Waals surface area contributed by atoms with Crippen LogP contribution in [0.15, 0.2) is 67.1 Å². The van der Waals surface area contributed by atoms with Crippen molar-refractivity contribution in [1.82, 2.24) is 19.9 Å². The van der Waals surface area contributed by atoms with E-state index in [4.69, 9.17) is 27.9 Å². The molecule has 2 aromatic heterocycles. The summed E-state index contributed by atoms with van der Waals surface area (Å²) < 4.78 is 88.9. The third kappa shape index (κ3) is 7.82. The maximum Gasteiger partial charge on any atom is 0.416 e. The lowest BCUT2D eigenvalue weighted by atomic mass is 10.0. The van der Waals surface area contributed by atoms with E-state index in [2.05, 4.69) is 26.9 Å². The molecule has 0 bridgehead atoms. The second kappa shape index (κ2) is 14.1. The van der Waals surface area contributed by atoms with Gasteiger partial charge in [-0.05, 0) is 66.3 Å². The molecule has 2 aromatic carbocycles. The Kier molecular flexibility index (Phi) is 9.85. The zero-order chi connectivity index (χ0) is 37.7. The molecule has 1 spiro atoms. The summed E-state index contributed by atoms with van der Waals surface area (Å²) in [5.41, 5.74) is -2.30. The number of anilines is 3. The monoisotopic (exact) mass is 779 g/mol. The average Bonchev–Trinajstić information content (AvgIpc) is 3.62. The van der Waals surface area contributed by atoms with E-state index in [0.717, 1.165) is 18.6 Å². The number of hydrogen-bond acceptors (Lipinski definition) is 9. The highest BCUT2D eigenvalue weighted by Gasteiger charge is 2.62.